The zero-order valence-electron chi connectivity index (χ0n) is 11.2. The second-order valence-electron chi connectivity index (χ2n) is 4.02. The van der Waals surface area contributed by atoms with Crippen LogP contribution < -0.4 is 11.3 Å². The third kappa shape index (κ3) is 10.6. The van der Waals surface area contributed by atoms with Gasteiger partial charge in [0.25, 0.3) is 0 Å². The zero-order chi connectivity index (χ0) is 12.9. The van der Waals surface area contributed by atoms with Gasteiger partial charge in [0.05, 0.1) is 0 Å². The summed E-state index contributed by atoms with van der Waals surface area (Å²) >= 11 is 2.01. The average Bonchev–Trinajstić information content (AvgIpc) is 2.36. The lowest BCUT2D eigenvalue weighted by Crippen LogP contribution is -2.29. The van der Waals surface area contributed by atoms with Crippen LogP contribution >= 0.6 is 11.8 Å². The van der Waals surface area contributed by atoms with E-state index in [4.69, 9.17) is 5.84 Å². The van der Waals surface area contributed by atoms with Crippen LogP contribution in [0.4, 0.5) is 0 Å². The molecular formula is C12H27N3OS. The van der Waals surface area contributed by atoms with Gasteiger partial charge in [0.2, 0.25) is 5.91 Å². The minimum Gasteiger partial charge on any atom is -0.303 e. The van der Waals surface area contributed by atoms with E-state index in [2.05, 4.69) is 24.2 Å². The Morgan fingerprint density at radius 1 is 1.18 bits per heavy atom. The molecule has 4 nitrogen and oxygen atoms in total. The standard InChI is InChI=1S/C12H27N3OS/c1-3-15(4-2)9-11-17-10-7-5-6-8-12(16)14-13/h3-11,13H2,1-2H3,(H,14,16). The number of hydrogen-bond acceptors (Lipinski definition) is 4. The van der Waals surface area contributed by atoms with Crippen LogP contribution in [0.3, 0.4) is 0 Å². The van der Waals surface area contributed by atoms with Crippen molar-refractivity contribution in [3.63, 3.8) is 0 Å². The van der Waals surface area contributed by atoms with Crippen molar-refractivity contribution in [2.75, 3.05) is 31.1 Å². The van der Waals surface area contributed by atoms with Gasteiger partial charge in [-0.2, -0.15) is 11.8 Å². The summed E-state index contributed by atoms with van der Waals surface area (Å²) in [6.07, 6.45) is 3.81. The number of hydrazine groups is 1. The molecule has 102 valence electrons. The highest BCUT2D eigenvalue weighted by atomic mass is 32.2. The molecule has 0 rings (SSSR count). The van der Waals surface area contributed by atoms with E-state index in [-0.39, 0.29) is 5.91 Å². The van der Waals surface area contributed by atoms with Gasteiger partial charge < -0.3 is 4.90 Å². The van der Waals surface area contributed by atoms with Crippen LogP contribution in [0.25, 0.3) is 0 Å². The smallest absolute Gasteiger partial charge is 0.233 e. The summed E-state index contributed by atoms with van der Waals surface area (Å²) in [5, 5.41) is 0. The minimum absolute atomic E-state index is 0.0563. The van der Waals surface area contributed by atoms with Crippen molar-refractivity contribution in [2.45, 2.75) is 39.5 Å². The predicted molar refractivity (Wildman–Crippen MR) is 75.9 cm³/mol. The first-order valence-electron chi connectivity index (χ1n) is 6.54. The molecule has 17 heavy (non-hydrogen) atoms. The largest absolute Gasteiger partial charge is 0.303 e. The molecule has 0 heterocycles. The predicted octanol–water partition coefficient (Wildman–Crippen LogP) is 1.61. The van der Waals surface area contributed by atoms with E-state index in [1.165, 1.54) is 24.5 Å². The Balaban J connectivity index is 3.16. The molecule has 0 fully saturated rings. The molecule has 0 aromatic carbocycles. The van der Waals surface area contributed by atoms with E-state index in [9.17, 15) is 4.79 Å². The van der Waals surface area contributed by atoms with Crippen molar-refractivity contribution in [1.82, 2.24) is 10.3 Å². The fourth-order valence-electron chi connectivity index (χ4n) is 1.57. The molecule has 1 amide bonds. The maximum Gasteiger partial charge on any atom is 0.233 e. The van der Waals surface area contributed by atoms with Crippen molar-refractivity contribution >= 4 is 17.7 Å². The third-order valence-corrected chi connectivity index (χ3v) is 3.85. The van der Waals surface area contributed by atoms with Crippen LogP contribution in [0.1, 0.15) is 39.5 Å². The first-order chi connectivity index (χ1) is 8.24. The molecule has 0 aromatic heterocycles. The summed E-state index contributed by atoms with van der Waals surface area (Å²) in [5.41, 5.74) is 2.15. The number of nitrogens with zero attached hydrogens (tertiary/aromatic N) is 1. The maximum absolute atomic E-state index is 10.8. The molecule has 0 aliphatic carbocycles. The first kappa shape index (κ1) is 16.7. The second-order valence-corrected chi connectivity index (χ2v) is 5.24. The molecule has 0 saturated heterocycles. The molecule has 0 aromatic rings. The Labute approximate surface area is 110 Å². The zero-order valence-corrected chi connectivity index (χ0v) is 12.0. The Hall–Kier alpha value is -0.260. The Morgan fingerprint density at radius 2 is 1.88 bits per heavy atom. The van der Waals surface area contributed by atoms with Crippen molar-refractivity contribution in [1.29, 1.82) is 0 Å². The van der Waals surface area contributed by atoms with Gasteiger partial charge in [-0.1, -0.05) is 20.3 Å². The van der Waals surface area contributed by atoms with E-state index in [1.54, 1.807) is 0 Å². The molecule has 0 spiro atoms. The fourth-order valence-corrected chi connectivity index (χ4v) is 2.57. The lowest BCUT2D eigenvalue weighted by atomic mass is 10.2. The van der Waals surface area contributed by atoms with Crippen molar-refractivity contribution in [3.8, 4) is 0 Å². The lowest BCUT2D eigenvalue weighted by Gasteiger charge is -2.17. The third-order valence-electron chi connectivity index (χ3n) is 2.80. The van der Waals surface area contributed by atoms with Crippen LogP contribution in [0.2, 0.25) is 0 Å². The Kier molecular flexibility index (Phi) is 12.0. The molecule has 5 heteroatoms. The lowest BCUT2D eigenvalue weighted by molar-refractivity contribution is -0.121. The summed E-state index contributed by atoms with van der Waals surface area (Å²) in [5.74, 6) is 7.36. The molecule has 0 saturated carbocycles. The van der Waals surface area contributed by atoms with Crippen molar-refractivity contribution in [2.24, 2.45) is 5.84 Å². The van der Waals surface area contributed by atoms with Gasteiger partial charge >= 0.3 is 0 Å². The van der Waals surface area contributed by atoms with Gasteiger partial charge in [-0.15, -0.1) is 0 Å². The van der Waals surface area contributed by atoms with E-state index in [0.29, 0.717) is 6.42 Å². The van der Waals surface area contributed by atoms with Crippen LogP contribution in [0.5, 0.6) is 0 Å². The number of carbonyl (C=O) groups is 1. The summed E-state index contributed by atoms with van der Waals surface area (Å²) in [7, 11) is 0. The highest BCUT2D eigenvalue weighted by molar-refractivity contribution is 7.99. The number of nitrogens with one attached hydrogen (secondary N) is 1. The quantitative estimate of drug-likeness (QED) is 0.257. The van der Waals surface area contributed by atoms with Gasteiger partial charge in [-0.3, -0.25) is 10.2 Å². The molecule has 0 atom stereocenters. The SMILES string of the molecule is CCN(CC)CCSCCCCCC(=O)NN. The topological polar surface area (TPSA) is 58.4 Å². The molecule has 0 unspecified atom stereocenters. The van der Waals surface area contributed by atoms with E-state index >= 15 is 0 Å². The Morgan fingerprint density at radius 3 is 2.47 bits per heavy atom. The fraction of sp³-hybridized carbons (Fsp3) is 0.917. The molecule has 3 N–H and O–H groups in total. The number of hydrogen-bond donors (Lipinski definition) is 2. The summed E-state index contributed by atoms with van der Waals surface area (Å²) < 4.78 is 0. The maximum atomic E-state index is 10.8. The van der Waals surface area contributed by atoms with Gasteiger partial charge in [-0.25, -0.2) is 5.84 Å². The Bertz CT molecular complexity index is 187. The number of rotatable bonds is 11. The molecule has 0 radical (unpaired) electrons. The number of unbranched alkanes of at least 4 members (excludes halogenated alkanes) is 2. The van der Waals surface area contributed by atoms with Crippen LogP contribution in [-0.4, -0.2) is 41.9 Å². The van der Waals surface area contributed by atoms with E-state index in [0.717, 1.165) is 25.9 Å². The molecule has 0 bridgehead atoms. The van der Waals surface area contributed by atoms with Crippen molar-refractivity contribution < 1.29 is 4.79 Å². The van der Waals surface area contributed by atoms with E-state index in [1.807, 2.05) is 11.8 Å². The summed E-state index contributed by atoms with van der Waals surface area (Å²) in [6.45, 7) is 7.89. The van der Waals surface area contributed by atoms with E-state index < -0.39 is 0 Å². The van der Waals surface area contributed by atoms with Gasteiger partial charge in [0, 0.05) is 18.7 Å². The number of nitrogens with two attached hydrogens (primary N) is 1. The summed E-state index contributed by atoms with van der Waals surface area (Å²) in [4.78, 5) is 13.3. The van der Waals surface area contributed by atoms with Crippen LogP contribution in [0, 0.1) is 0 Å². The first-order valence-corrected chi connectivity index (χ1v) is 7.69. The van der Waals surface area contributed by atoms with Crippen LogP contribution in [-0.2, 0) is 4.79 Å². The minimum atomic E-state index is -0.0563. The average molecular weight is 261 g/mol. The van der Waals surface area contributed by atoms with Gasteiger partial charge in [0.15, 0.2) is 0 Å². The van der Waals surface area contributed by atoms with Gasteiger partial charge in [0.1, 0.15) is 0 Å². The highest BCUT2D eigenvalue weighted by Gasteiger charge is 1.99. The molecule has 0 aliphatic heterocycles. The summed E-state index contributed by atoms with van der Waals surface area (Å²) in [6, 6.07) is 0. The van der Waals surface area contributed by atoms with Crippen LogP contribution in [0.15, 0.2) is 0 Å². The number of thioether (sulfide) groups is 1. The number of amides is 1. The molecular weight excluding hydrogens is 234 g/mol. The normalized spacial score (nSPS) is 10.8. The number of carbonyl (C=O) groups excluding carboxylic acids is 1. The van der Waals surface area contributed by atoms with Gasteiger partial charge in [-0.05, 0) is 31.7 Å². The highest BCUT2D eigenvalue weighted by Crippen LogP contribution is 2.08. The second kappa shape index (κ2) is 12.2. The monoisotopic (exact) mass is 261 g/mol. The molecule has 0 aliphatic rings. The van der Waals surface area contributed by atoms with Crippen molar-refractivity contribution in [3.05, 3.63) is 0 Å².